The Morgan fingerprint density at radius 1 is 1.41 bits per heavy atom. The van der Waals surface area contributed by atoms with Gasteiger partial charge < -0.3 is 15.2 Å². The molecule has 0 spiro atoms. The first kappa shape index (κ1) is 14.0. The van der Waals surface area contributed by atoms with Crippen molar-refractivity contribution in [2.75, 3.05) is 13.7 Å². The van der Waals surface area contributed by atoms with Gasteiger partial charge in [-0.1, -0.05) is 6.92 Å². The quantitative estimate of drug-likeness (QED) is 0.730. The Kier molecular flexibility index (Phi) is 5.41. The van der Waals surface area contributed by atoms with Crippen LogP contribution in [0.1, 0.15) is 32.6 Å². The lowest BCUT2D eigenvalue weighted by molar-refractivity contribution is -0.141. The fraction of sp³-hybridized carbons (Fsp3) is 0.833. The average molecular weight is 243 g/mol. The van der Waals surface area contributed by atoms with Gasteiger partial charge in [-0.2, -0.15) is 0 Å². The minimum Gasteiger partial charge on any atom is -0.481 e. The van der Waals surface area contributed by atoms with Crippen molar-refractivity contribution in [3.05, 3.63) is 0 Å². The van der Waals surface area contributed by atoms with Crippen LogP contribution >= 0.6 is 0 Å². The monoisotopic (exact) mass is 243 g/mol. The molecule has 17 heavy (non-hydrogen) atoms. The molecule has 0 saturated heterocycles. The fourth-order valence-corrected chi connectivity index (χ4v) is 2.23. The van der Waals surface area contributed by atoms with Gasteiger partial charge in [-0.25, -0.2) is 0 Å². The molecular weight excluding hydrogens is 222 g/mol. The van der Waals surface area contributed by atoms with Gasteiger partial charge in [-0.3, -0.25) is 9.59 Å². The highest BCUT2D eigenvalue weighted by Gasteiger charge is 2.34. The molecule has 0 bridgehead atoms. The van der Waals surface area contributed by atoms with Crippen LogP contribution in [-0.2, 0) is 14.3 Å². The van der Waals surface area contributed by atoms with Gasteiger partial charge in [0.15, 0.2) is 0 Å². The van der Waals surface area contributed by atoms with E-state index < -0.39 is 5.97 Å². The van der Waals surface area contributed by atoms with Crippen molar-refractivity contribution in [2.45, 2.75) is 38.6 Å². The van der Waals surface area contributed by atoms with Crippen molar-refractivity contribution in [3.8, 4) is 0 Å². The summed E-state index contributed by atoms with van der Waals surface area (Å²) in [7, 11) is 1.60. The third-order valence-corrected chi connectivity index (χ3v) is 3.36. The van der Waals surface area contributed by atoms with E-state index in [9.17, 15) is 9.59 Å². The summed E-state index contributed by atoms with van der Waals surface area (Å²) in [6.45, 7) is 2.48. The third-order valence-electron chi connectivity index (χ3n) is 3.36. The average Bonchev–Trinajstić information content (AvgIpc) is 2.77. The molecule has 98 valence electrons. The van der Waals surface area contributed by atoms with Gasteiger partial charge in [-0.15, -0.1) is 0 Å². The Balaban J connectivity index is 2.41. The van der Waals surface area contributed by atoms with Gasteiger partial charge in [0.2, 0.25) is 5.91 Å². The second kappa shape index (κ2) is 6.59. The lowest BCUT2D eigenvalue weighted by atomic mass is 10.0. The molecule has 3 atom stereocenters. The van der Waals surface area contributed by atoms with E-state index in [1.165, 1.54) is 0 Å². The molecule has 0 radical (unpaired) electrons. The number of carbonyl (C=O) groups excluding carboxylic acids is 1. The van der Waals surface area contributed by atoms with Gasteiger partial charge >= 0.3 is 5.97 Å². The Hall–Kier alpha value is -1.10. The van der Waals surface area contributed by atoms with Gasteiger partial charge in [0.05, 0.1) is 18.6 Å². The predicted octanol–water partition coefficient (Wildman–Crippen LogP) is 1.03. The van der Waals surface area contributed by atoms with E-state index in [1.807, 2.05) is 6.92 Å². The largest absolute Gasteiger partial charge is 0.481 e. The van der Waals surface area contributed by atoms with Gasteiger partial charge in [0.25, 0.3) is 0 Å². The maximum Gasteiger partial charge on any atom is 0.306 e. The van der Waals surface area contributed by atoms with Crippen LogP contribution in [0.4, 0.5) is 0 Å². The van der Waals surface area contributed by atoms with E-state index in [2.05, 4.69) is 5.32 Å². The Morgan fingerprint density at radius 3 is 2.53 bits per heavy atom. The molecule has 0 aromatic heterocycles. The molecule has 1 unspecified atom stereocenters. The van der Waals surface area contributed by atoms with Crippen molar-refractivity contribution in [1.29, 1.82) is 0 Å². The van der Waals surface area contributed by atoms with Gasteiger partial charge in [0.1, 0.15) is 0 Å². The molecule has 0 heterocycles. The first-order valence-electron chi connectivity index (χ1n) is 6.10. The summed E-state index contributed by atoms with van der Waals surface area (Å²) in [5.74, 6) is -1.32. The molecule has 1 aliphatic carbocycles. The molecule has 1 rings (SSSR count). The number of hydrogen-bond acceptors (Lipinski definition) is 3. The summed E-state index contributed by atoms with van der Waals surface area (Å²) in [4.78, 5) is 22.7. The molecule has 1 aliphatic rings. The van der Waals surface area contributed by atoms with Crippen molar-refractivity contribution in [3.63, 3.8) is 0 Å². The second-order valence-corrected chi connectivity index (χ2v) is 4.61. The molecule has 2 N–H and O–H groups in total. The summed E-state index contributed by atoms with van der Waals surface area (Å²) in [6, 6.07) is 0.0244. The maximum atomic E-state index is 11.9. The van der Waals surface area contributed by atoms with Gasteiger partial charge in [0, 0.05) is 13.0 Å². The minimum atomic E-state index is -0.788. The molecule has 5 nitrogen and oxygen atoms in total. The van der Waals surface area contributed by atoms with Crippen molar-refractivity contribution < 1.29 is 19.4 Å². The highest BCUT2D eigenvalue weighted by Crippen LogP contribution is 2.31. The third kappa shape index (κ3) is 4.00. The topological polar surface area (TPSA) is 75.6 Å². The first-order chi connectivity index (χ1) is 8.08. The van der Waals surface area contributed by atoms with Crippen LogP contribution < -0.4 is 5.32 Å². The number of carboxylic acids is 1. The first-order valence-corrected chi connectivity index (χ1v) is 6.10. The minimum absolute atomic E-state index is 0.0244. The van der Waals surface area contributed by atoms with Crippen molar-refractivity contribution in [1.82, 2.24) is 5.32 Å². The predicted molar refractivity (Wildman–Crippen MR) is 62.6 cm³/mol. The summed E-state index contributed by atoms with van der Waals surface area (Å²) < 4.78 is 5.01. The van der Waals surface area contributed by atoms with Crippen LogP contribution in [0.3, 0.4) is 0 Å². The molecule has 1 fully saturated rings. The zero-order chi connectivity index (χ0) is 12.8. The van der Waals surface area contributed by atoms with Gasteiger partial charge in [-0.05, 0) is 25.7 Å². The number of ether oxygens (including phenoxy) is 1. The van der Waals surface area contributed by atoms with Crippen molar-refractivity contribution >= 4 is 11.9 Å². The van der Waals surface area contributed by atoms with E-state index in [-0.39, 0.29) is 23.8 Å². The van der Waals surface area contributed by atoms with Crippen LogP contribution in [0.5, 0.6) is 0 Å². The van der Waals surface area contributed by atoms with Crippen LogP contribution in [-0.4, -0.2) is 36.7 Å². The zero-order valence-electron chi connectivity index (χ0n) is 10.4. The number of nitrogens with one attached hydrogen (secondary N) is 1. The fourth-order valence-electron chi connectivity index (χ4n) is 2.23. The standard InChI is InChI=1S/C12H21NO4/c1-3-10(7-17-2)13-11(14)8-4-5-9(6-8)12(15)16/h8-10H,3-7H2,1-2H3,(H,13,14)(H,15,16)/t8-,9+,10?/m1/s1. The lowest BCUT2D eigenvalue weighted by Gasteiger charge is -2.18. The second-order valence-electron chi connectivity index (χ2n) is 4.61. The number of hydrogen-bond donors (Lipinski definition) is 2. The summed E-state index contributed by atoms with van der Waals surface area (Å²) in [6.07, 6.45) is 2.56. The normalized spacial score (nSPS) is 25.5. The smallest absolute Gasteiger partial charge is 0.306 e. The molecule has 1 saturated carbocycles. The van der Waals surface area contributed by atoms with Crippen molar-refractivity contribution in [2.24, 2.45) is 11.8 Å². The number of rotatable bonds is 6. The number of amides is 1. The highest BCUT2D eigenvalue weighted by molar-refractivity contribution is 5.81. The Bertz CT molecular complexity index is 280. The molecule has 5 heteroatoms. The van der Waals surface area contributed by atoms with E-state index in [4.69, 9.17) is 9.84 Å². The number of carbonyl (C=O) groups is 2. The van der Waals surface area contributed by atoms with Crippen LogP contribution in [0, 0.1) is 11.8 Å². The SMILES string of the molecule is CCC(COC)NC(=O)[C@@H]1CC[C@H](C(=O)O)C1. The molecular formula is C12H21NO4. The van der Waals surface area contributed by atoms with E-state index in [0.717, 1.165) is 6.42 Å². The van der Waals surface area contributed by atoms with E-state index >= 15 is 0 Å². The van der Waals surface area contributed by atoms with E-state index in [1.54, 1.807) is 7.11 Å². The molecule has 0 aliphatic heterocycles. The Labute approximate surface area is 102 Å². The van der Waals surface area contributed by atoms with Crippen LogP contribution in [0.2, 0.25) is 0 Å². The molecule has 0 aromatic carbocycles. The maximum absolute atomic E-state index is 11.9. The Morgan fingerprint density at radius 2 is 2.06 bits per heavy atom. The van der Waals surface area contributed by atoms with Crippen LogP contribution in [0.25, 0.3) is 0 Å². The molecule has 0 aromatic rings. The highest BCUT2D eigenvalue weighted by atomic mass is 16.5. The van der Waals surface area contributed by atoms with E-state index in [0.29, 0.717) is 25.9 Å². The molecule has 1 amide bonds. The zero-order valence-corrected chi connectivity index (χ0v) is 10.4. The lowest BCUT2D eigenvalue weighted by Crippen LogP contribution is -2.40. The van der Waals surface area contributed by atoms with Crippen LogP contribution in [0.15, 0.2) is 0 Å². The summed E-state index contributed by atoms with van der Waals surface area (Å²) in [5, 5.41) is 11.8. The number of aliphatic carboxylic acids is 1. The number of methoxy groups -OCH3 is 1. The summed E-state index contributed by atoms with van der Waals surface area (Å²) in [5.41, 5.74) is 0. The summed E-state index contributed by atoms with van der Waals surface area (Å²) >= 11 is 0. The number of carboxylic acid groups (broad SMARTS) is 1.